The summed E-state index contributed by atoms with van der Waals surface area (Å²) in [6.45, 7) is 4.00. The highest BCUT2D eigenvalue weighted by Gasteiger charge is 2.19. The van der Waals surface area contributed by atoms with Crippen molar-refractivity contribution in [2.45, 2.75) is 6.54 Å². The number of nitrogens with one attached hydrogen (secondary N) is 1. The van der Waals surface area contributed by atoms with Crippen molar-refractivity contribution >= 4 is 11.3 Å². The molecule has 0 aliphatic carbocycles. The average Bonchev–Trinajstić information content (AvgIpc) is 3.14. The lowest BCUT2D eigenvalue weighted by Crippen LogP contribution is -2.45. The second-order valence-electron chi connectivity index (χ2n) is 5.43. The minimum atomic E-state index is 0.587. The molecule has 1 fully saturated rings. The van der Waals surface area contributed by atoms with Crippen LogP contribution in [0.3, 0.4) is 0 Å². The van der Waals surface area contributed by atoms with Crippen molar-refractivity contribution in [2.75, 3.05) is 47.6 Å². The molecule has 1 aliphatic heterocycles. The molecular weight excluding hydrogens is 342 g/mol. The monoisotopic (exact) mass is 365 g/mol. The summed E-state index contributed by atoms with van der Waals surface area (Å²) >= 11 is 1.63. The number of aromatic nitrogens is 1. The molecule has 0 spiro atoms. The standard InChI is InChI=1S/C17H23N3O4S/c1-21-13-5-4-12(16(22-2)17(13)23-3)14-10-18-15(25-14)11-19-20-6-8-24-9-7-20/h4-5,10,19H,6-9,11H2,1-3H3. The third-order valence-electron chi connectivity index (χ3n) is 3.99. The molecule has 0 radical (unpaired) electrons. The number of hydrogen-bond donors (Lipinski definition) is 1. The summed E-state index contributed by atoms with van der Waals surface area (Å²) < 4.78 is 21.7. The summed E-state index contributed by atoms with van der Waals surface area (Å²) in [5.74, 6) is 1.88. The van der Waals surface area contributed by atoms with Crippen LogP contribution in [0.15, 0.2) is 18.3 Å². The van der Waals surface area contributed by atoms with Gasteiger partial charge in [-0.25, -0.2) is 15.4 Å². The van der Waals surface area contributed by atoms with E-state index < -0.39 is 0 Å². The number of hydrazine groups is 1. The maximum atomic E-state index is 5.56. The summed E-state index contributed by atoms with van der Waals surface area (Å²) in [5.41, 5.74) is 4.34. The van der Waals surface area contributed by atoms with Crippen LogP contribution in [0.2, 0.25) is 0 Å². The van der Waals surface area contributed by atoms with Crippen LogP contribution in [-0.4, -0.2) is 57.6 Å². The van der Waals surface area contributed by atoms with Gasteiger partial charge in [-0.05, 0) is 12.1 Å². The highest BCUT2D eigenvalue weighted by atomic mass is 32.1. The lowest BCUT2D eigenvalue weighted by molar-refractivity contribution is 0.0105. The lowest BCUT2D eigenvalue weighted by Gasteiger charge is -2.26. The van der Waals surface area contributed by atoms with Gasteiger partial charge in [0, 0.05) is 24.8 Å². The molecule has 0 bridgehead atoms. The Balaban J connectivity index is 1.77. The van der Waals surface area contributed by atoms with Gasteiger partial charge in [-0.1, -0.05) is 0 Å². The molecule has 0 amide bonds. The van der Waals surface area contributed by atoms with E-state index in [0.29, 0.717) is 23.8 Å². The molecule has 1 N–H and O–H groups in total. The molecule has 7 nitrogen and oxygen atoms in total. The van der Waals surface area contributed by atoms with E-state index in [-0.39, 0.29) is 0 Å². The Labute approximate surface area is 151 Å². The number of ether oxygens (including phenoxy) is 4. The van der Waals surface area contributed by atoms with Gasteiger partial charge in [0.05, 0.1) is 46.0 Å². The van der Waals surface area contributed by atoms with Gasteiger partial charge in [0.15, 0.2) is 11.5 Å². The Hall–Kier alpha value is -1.87. The van der Waals surface area contributed by atoms with Gasteiger partial charge in [0.25, 0.3) is 0 Å². The Bertz CT molecular complexity index is 701. The number of morpholine rings is 1. The van der Waals surface area contributed by atoms with Gasteiger partial charge in [0.1, 0.15) is 5.01 Å². The highest BCUT2D eigenvalue weighted by molar-refractivity contribution is 7.15. The molecule has 2 aromatic rings. The maximum absolute atomic E-state index is 5.56. The SMILES string of the molecule is COc1ccc(-c2cnc(CNN3CCOCC3)s2)c(OC)c1OC. The molecule has 1 aromatic carbocycles. The third kappa shape index (κ3) is 4.04. The van der Waals surface area contributed by atoms with Crippen molar-refractivity contribution in [1.29, 1.82) is 0 Å². The van der Waals surface area contributed by atoms with Gasteiger partial charge in [0.2, 0.25) is 5.75 Å². The number of nitrogens with zero attached hydrogens (tertiary/aromatic N) is 2. The Kier molecular flexibility index (Phi) is 6.09. The van der Waals surface area contributed by atoms with E-state index in [2.05, 4.69) is 15.4 Å². The largest absolute Gasteiger partial charge is 0.493 e. The first-order valence-corrected chi connectivity index (χ1v) is 8.88. The minimum Gasteiger partial charge on any atom is -0.493 e. The van der Waals surface area contributed by atoms with E-state index in [1.807, 2.05) is 18.3 Å². The van der Waals surface area contributed by atoms with Crippen molar-refractivity contribution in [3.05, 3.63) is 23.3 Å². The van der Waals surface area contributed by atoms with Crippen molar-refractivity contribution < 1.29 is 18.9 Å². The predicted molar refractivity (Wildman–Crippen MR) is 96.4 cm³/mol. The quantitative estimate of drug-likeness (QED) is 0.807. The number of thiazole rings is 1. The van der Waals surface area contributed by atoms with Crippen molar-refractivity contribution in [3.8, 4) is 27.7 Å². The van der Waals surface area contributed by atoms with Crippen molar-refractivity contribution in [3.63, 3.8) is 0 Å². The fraction of sp³-hybridized carbons (Fsp3) is 0.471. The van der Waals surface area contributed by atoms with E-state index in [1.165, 1.54) is 0 Å². The molecule has 136 valence electrons. The summed E-state index contributed by atoms with van der Waals surface area (Å²) in [6, 6.07) is 3.84. The van der Waals surface area contributed by atoms with E-state index in [1.54, 1.807) is 32.7 Å². The normalized spacial score (nSPS) is 15.2. The number of benzene rings is 1. The predicted octanol–water partition coefficient (Wildman–Crippen LogP) is 2.17. The Morgan fingerprint density at radius 2 is 1.88 bits per heavy atom. The third-order valence-corrected chi connectivity index (χ3v) is 5.02. The fourth-order valence-electron chi connectivity index (χ4n) is 2.71. The van der Waals surface area contributed by atoms with Gasteiger partial charge in [-0.15, -0.1) is 11.3 Å². The zero-order valence-electron chi connectivity index (χ0n) is 14.7. The average molecular weight is 365 g/mol. The van der Waals surface area contributed by atoms with Crippen molar-refractivity contribution in [2.24, 2.45) is 0 Å². The zero-order valence-corrected chi connectivity index (χ0v) is 15.5. The van der Waals surface area contributed by atoms with E-state index >= 15 is 0 Å². The molecule has 2 heterocycles. The Morgan fingerprint density at radius 1 is 1.12 bits per heavy atom. The molecule has 1 saturated heterocycles. The topological polar surface area (TPSA) is 65.1 Å². The summed E-state index contributed by atoms with van der Waals surface area (Å²) in [6.07, 6.45) is 1.87. The van der Waals surface area contributed by atoms with E-state index in [9.17, 15) is 0 Å². The first-order chi connectivity index (χ1) is 12.3. The molecule has 25 heavy (non-hydrogen) atoms. The van der Waals surface area contributed by atoms with Crippen molar-refractivity contribution in [1.82, 2.24) is 15.4 Å². The van der Waals surface area contributed by atoms with Crippen LogP contribution in [0.4, 0.5) is 0 Å². The molecular formula is C17H23N3O4S. The van der Waals surface area contributed by atoms with Gasteiger partial charge in [-0.3, -0.25) is 0 Å². The smallest absolute Gasteiger partial charge is 0.203 e. The number of methoxy groups -OCH3 is 3. The molecule has 8 heteroatoms. The highest BCUT2D eigenvalue weighted by Crippen LogP contribution is 2.45. The van der Waals surface area contributed by atoms with Crippen LogP contribution < -0.4 is 19.6 Å². The van der Waals surface area contributed by atoms with Crippen LogP contribution in [0.1, 0.15) is 5.01 Å². The van der Waals surface area contributed by atoms with Crippen LogP contribution >= 0.6 is 11.3 Å². The van der Waals surface area contributed by atoms with Crippen LogP contribution in [0.25, 0.3) is 10.4 Å². The van der Waals surface area contributed by atoms with E-state index in [4.69, 9.17) is 18.9 Å². The van der Waals surface area contributed by atoms with Crippen LogP contribution in [-0.2, 0) is 11.3 Å². The summed E-state index contributed by atoms with van der Waals surface area (Å²) in [4.78, 5) is 5.55. The van der Waals surface area contributed by atoms with Crippen LogP contribution in [0.5, 0.6) is 17.2 Å². The van der Waals surface area contributed by atoms with Gasteiger partial charge < -0.3 is 18.9 Å². The van der Waals surface area contributed by atoms with Gasteiger partial charge >= 0.3 is 0 Å². The summed E-state index contributed by atoms with van der Waals surface area (Å²) in [7, 11) is 4.84. The summed E-state index contributed by atoms with van der Waals surface area (Å²) in [5, 5.41) is 3.18. The second kappa shape index (κ2) is 8.48. The molecule has 0 unspecified atom stereocenters. The van der Waals surface area contributed by atoms with Gasteiger partial charge in [-0.2, -0.15) is 0 Å². The number of hydrogen-bond acceptors (Lipinski definition) is 8. The minimum absolute atomic E-state index is 0.587. The molecule has 1 aliphatic rings. The maximum Gasteiger partial charge on any atom is 0.203 e. The van der Waals surface area contributed by atoms with Crippen LogP contribution in [0, 0.1) is 0 Å². The fourth-order valence-corrected chi connectivity index (χ4v) is 3.58. The first kappa shape index (κ1) is 17.9. The molecule has 1 aromatic heterocycles. The molecule has 0 saturated carbocycles. The number of rotatable bonds is 7. The lowest BCUT2D eigenvalue weighted by atomic mass is 10.1. The zero-order chi connectivity index (χ0) is 17.6. The van der Waals surface area contributed by atoms with E-state index in [0.717, 1.165) is 41.8 Å². The molecule has 3 rings (SSSR count). The second-order valence-corrected chi connectivity index (χ2v) is 6.55. The Morgan fingerprint density at radius 3 is 2.56 bits per heavy atom. The first-order valence-electron chi connectivity index (χ1n) is 8.07. The molecule has 0 atom stereocenters.